The highest BCUT2D eigenvalue weighted by Gasteiger charge is 2.05. The molecule has 0 aliphatic carbocycles. The molecule has 0 heterocycles. The maximum absolute atomic E-state index is 11.9. The SMILES string of the molecule is Cc1cc(CN)cc(C)c1OCCCCCF. The van der Waals surface area contributed by atoms with Crippen molar-refractivity contribution < 1.29 is 9.13 Å². The van der Waals surface area contributed by atoms with Crippen molar-refractivity contribution >= 4 is 0 Å². The number of alkyl halides is 1. The number of hydrogen-bond acceptors (Lipinski definition) is 2. The summed E-state index contributed by atoms with van der Waals surface area (Å²) < 4.78 is 17.7. The molecule has 0 radical (unpaired) electrons. The van der Waals surface area contributed by atoms with E-state index in [0.29, 0.717) is 19.6 Å². The van der Waals surface area contributed by atoms with E-state index in [9.17, 15) is 4.39 Å². The van der Waals surface area contributed by atoms with Crippen LogP contribution in [0.25, 0.3) is 0 Å². The lowest BCUT2D eigenvalue weighted by Crippen LogP contribution is -2.03. The number of nitrogens with two attached hydrogens (primary N) is 1. The Hall–Kier alpha value is -1.09. The van der Waals surface area contributed by atoms with Crippen molar-refractivity contribution in [3.8, 4) is 5.75 Å². The zero-order valence-electron chi connectivity index (χ0n) is 10.8. The largest absolute Gasteiger partial charge is 0.493 e. The number of hydrogen-bond donors (Lipinski definition) is 1. The van der Waals surface area contributed by atoms with Crippen LogP contribution in [0.2, 0.25) is 0 Å². The zero-order valence-corrected chi connectivity index (χ0v) is 10.8. The van der Waals surface area contributed by atoms with E-state index in [1.165, 1.54) is 0 Å². The van der Waals surface area contributed by atoms with Crippen molar-refractivity contribution in [2.24, 2.45) is 5.73 Å². The second-order valence-electron chi connectivity index (χ2n) is 4.36. The van der Waals surface area contributed by atoms with Crippen LogP contribution in [0.5, 0.6) is 5.75 Å². The minimum absolute atomic E-state index is 0.233. The third-order valence-electron chi connectivity index (χ3n) is 2.78. The quantitative estimate of drug-likeness (QED) is 0.741. The summed E-state index contributed by atoms with van der Waals surface area (Å²) in [5, 5.41) is 0. The molecule has 0 unspecified atom stereocenters. The summed E-state index contributed by atoms with van der Waals surface area (Å²) in [4.78, 5) is 0. The normalized spacial score (nSPS) is 10.6. The van der Waals surface area contributed by atoms with E-state index >= 15 is 0 Å². The molecule has 0 aliphatic rings. The van der Waals surface area contributed by atoms with Crippen molar-refractivity contribution in [2.75, 3.05) is 13.3 Å². The molecule has 0 aromatic heterocycles. The molecule has 0 saturated heterocycles. The van der Waals surface area contributed by atoms with E-state index in [4.69, 9.17) is 10.5 Å². The molecule has 2 nitrogen and oxygen atoms in total. The fraction of sp³-hybridized carbons (Fsp3) is 0.571. The van der Waals surface area contributed by atoms with Gasteiger partial charge in [-0.05, 0) is 49.8 Å². The molecule has 0 bridgehead atoms. The molecule has 17 heavy (non-hydrogen) atoms. The molecule has 96 valence electrons. The monoisotopic (exact) mass is 239 g/mol. The molecule has 0 spiro atoms. The van der Waals surface area contributed by atoms with E-state index in [-0.39, 0.29) is 6.67 Å². The number of ether oxygens (including phenoxy) is 1. The Morgan fingerprint density at radius 1 is 1.12 bits per heavy atom. The maximum Gasteiger partial charge on any atom is 0.125 e. The Morgan fingerprint density at radius 3 is 2.29 bits per heavy atom. The van der Waals surface area contributed by atoms with Crippen LogP contribution in [0.4, 0.5) is 4.39 Å². The summed E-state index contributed by atoms with van der Waals surface area (Å²) in [6.07, 6.45) is 2.42. The van der Waals surface area contributed by atoms with Crippen molar-refractivity contribution in [3.63, 3.8) is 0 Å². The van der Waals surface area contributed by atoms with Gasteiger partial charge in [0.1, 0.15) is 5.75 Å². The lowest BCUT2D eigenvalue weighted by atomic mass is 10.1. The summed E-state index contributed by atoms with van der Waals surface area (Å²) in [6, 6.07) is 4.12. The standard InChI is InChI=1S/C14H22FNO/c1-11-8-13(10-16)9-12(2)14(11)17-7-5-3-4-6-15/h8-9H,3-7,10,16H2,1-2H3. The van der Waals surface area contributed by atoms with Gasteiger partial charge in [0, 0.05) is 6.54 Å². The minimum atomic E-state index is -0.233. The van der Waals surface area contributed by atoms with E-state index < -0.39 is 0 Å². The van der Waals surface area contributed by atoms with Crippen molar-refractivity contribution in [3.05, 3.63) is 28.8 Å². The summed E-state index contributed by atoms with van der Waals surface area (Å²) in [6.45, 7) is 5.04. The van der Waals surface area contributed by atoms with E-state index in [2.05, 4.69) is 12.1 Å². The van der Waals surface area contributed by atoms with Crippen LogP contribution in [0.1, 0.15) is 36.0 Å². The fourth-order valence-corrected chi connectivity index (χ4v) is 1.93. The number of benzene rings is 1. The van der Waals surface area contributed by atoms with Crippen molar-refractivity contribution in [1.82, 2.24) is 0 Å². The molecular formula is C14H22FNO. The second-order valence-corrected chi connectivity index (χ2v) is 4.36. The van der Waals surface area contributed by atoms with E-state index in [1.807, 2.05) is 13.8 Å². The lowest BCUT2D eigenvalue weighted by molar-refractivity contribution is 0.297. The Kier molecular flexibility index (Phi) is 5.98. The molecule has 0 fully saturated rings. The van der Waals surface area contributed by atoms with Gasteiger partial charge in [0.05, 0.1) is 13.3 Å². The summed E-state index contributed by atoms with van der Waals surface area (Å²) in [5.41, 5.74) is 8.99. The molecule has 0 saturated carbocycles. The molecule has 1 rings (SSSR count). The predicted molar refractivity (Wildman–Crippen MR) is 69.1 cm³/mol. The molecular weight excluding hydrogens is 217 g/mol. The van der Waals surface area contributed by atoms with Crippen molar-refractivity contribution in [2.45, 2.75) is 39.7 Å². The first-order chi connectivity index (χ1) is 8.19. The number of unbranched alkanes of at least 4 members (excludes halogenated alkanes) is 2. The van der Waals surface area contributed by atoms with Gasteiger partial charge in [-0.15, -0.1) is 0 Å². The van der Waals surface area contributed by atoms with E-state index in [0.717, 1.165) is 35.3 Å². The third-order valence-corrected chi connectivity index (χ3v) is 2.78. The fourth-order valence-electron chi connectivity index (χ4n) is 1.93. The highest BCUT2D eigenvalue weighted by Crippen LogP contribution is 2.24. The minimum Gasteiger partial charge on any atom is -0.493 e. The van der Waals surface area contributed by atoms with Gasteiger partial charge in [0.15, 0.2) is 0 Å². The van der Waals surface area contributed by atoms with Crippen LogP contribution < -0.4 is 10.5 Å². The molecule has 0 amide bonds. The summed E-state index contributed by atoms with van der Waals surface area (Å²) in [5.74, 6) is 0.947. The van der Waals surface area contributed by atoms with Crippen LogP contribution in [-0.2, 0) is 6.54 Å². The van der Waals surface area contributed by atoms with Gasteiger partial charge in [0.2, 0.25) is 0 Å². The molecule has 1 aromatic carbocycles. The first-order valence-electron chi connectivity index (χ1n) is 6.18. The molecule has 0 atom stereocenters. The average molecular weight is 239 g/mol. The Labute approximate surface area is 103 Å². The average Bonchev–Trinajstić information content (AvgIpc) is 2.31. The third kappa shape index (κ3) is 4.35. The van der Waals surface area contributed by atoms with Crippen LogP contribution in [0.15, 0.2) is 12.1 Å². The van der Waals surface area contributed by atoms with E-state index in [1.54, 1.807) is 0 Å². The van der Waals surface area contributed by atoms with Crippen LogP contribution >= 0.6 is 0 Å². The molecule has 2 N–H and O–H groups in total. The second kappa shape index (κ2) is 7.28. The highest BCUT2D eigenvalue weighted by atomic mass is 19.1. The van der Waals surface area contributed by atoms with Crippen molar-refractivity contribution in [1.29, 1.82) is 0 Å². The Bertz CT molecular complexity index is 329. The summed E-state index contributed by atoms with van der Waals surface area (Å²) >= 11 is 0. The summed E-state index contributed by atoms with van der Waals surface area (Å²) in [7, 11) is 0. The number of halogens is 1. The van der Waals surface area contributed by atoms with Gasteiger partial charge in [-0.2, -0.15) is 0 Å². The first-order valence-corrected chi connectivity index (χ1v) is 6.18. The maximum atomic E-state index is 11.9. The number of aryl methyl sites for hydroxylation is 2. The van der Waals surface area contributed by atoms with Gasteiger partial charge in [-0.1, -0.05) is 12.1 Å². The van der Waals surface area contributed by atoms with Crippen LogP contribution in [0.3, 0.4) is 0 Å². The topological polar surface area (TPSA) is 35.2 Å². The van der Waals surface area contributed by atoms with Gasteiger partial charge in [0.25, 0.3) is 0 Å². The number of rotatable bonds is 7. The lowest BCUT2D eigenvalue weighted by Gasteiger charge is -2.13. The van der Waals surface area contributed by atoms with Gasteiger partial charge >= 0.3 is 0 Å². The van der Waals surface area contributed by atoms with Crippen LogP contribution in [0, 0.1) is 13.8 Å². The zero-order chi connectivity index (χ0) is 12.7. The predicted octanol–water partition coefficient (Wildman–Crippen LogP) is 3.28. The molecule has 3 heteroatoms. The first kappa shape index (κ1) is 14.0. The molecule has 0 aliphatic heterocycles. The van der Waals surface area contributed by atoms with Gasteiger partial charge in [-0.25, -0.2) is 0 Å². The van der Waals surface area contributed by atoms with Crippen LogP contribution in [-0.4, -0.2) is 13.3 Å². The highest BCUT2D eigenvalue weighted by molar-refractivity contribution is 5.43. The Morgan fingerprint density at radius 2 is 1.76 bits per heavy atom. The molecule has 1 aromatic rings. The smallest absolute Gasteiger partial charge is 0.125 e. The Balaban J connectivity index is 2.53. The van der Waals surface area contributed by atoms with Gasteiger partial charge < -0.3 is 10.5 Å². The van der Waals surface area contributed by atoms with Gasteiger partial charge in [-0.3, -0.25) is 4.39 Å².